The molecule has 2 heterocycles. The van der Waals surface area contributed by atoms with Gasteiger partial charge in [0.15, 0.2) is 0 Å². The fraction of sp³-hybridized carbons (Fsp3) is 0.824. The van der Waals surface area contributed by atoms with Gasteiger partial charge in [-0.1, -0.05) is 13.8 Å². The lowest BCUT2D eigenvalue weighted by molar-refractivity contribution is -0.0703. The van der Waals surface area contributed by atoms with Crippen molar-refractivity contribution in [2.45, 2.75) is 76.9 Å². The Morgan fingerprint density at radius 3 is 2.95 bits per heavy atom. The molecule has 0 bridgehead atoms. The van der Waals surface area contributed by atoms with Crippen LogP contribution in [0.25, 0.3) is 0 Å². The van der Waals surface area contributed by atoms with Crippen LogP contribution in [0.4, 0.5) is 0 Å². The van der Waals surface area contributed by atoms with Gasteiger partial charge in [-0.3, -0.25) is 0 Å². The molecule has 0 amide bonds. The van der Waals surface area contributed by atoms with Crippen LogP contribution in [0, 0.1) is 0 Å². The van der Waals surface area contributed by atoms with Gasteiger partial charge in [0.05, 0.1) is 5.69 Å². The number of nitrogens with zero attached hydrogens (tertiary/aromatic N) is 1. The first-order valence-electron chi connectivity index (χ1n) is 8.46. The Morgan fingerprint density at radius 1 is 1.38 bits per heavy atom. The summed E-state index contributed by atoms with van der Waals surface area (Å²) in [5.41, 5.74) is 1.24. The maximum absolute atomic E-state index is 6.09. The average Bonchev–Trinajstić information content (AvgIpc) is 2.91. The molecule has 118 valence electrons. The predicted octanol–water partition coefficient (Wildman–Crippen LogP) is 3.98. The molecular formula is C17H28N2OS. The summed E-state index contributed by atoms with van der Waals surface area (Å²) >= 11 is 1.91. The zero-order valence-electron chi connectivity index (χ0n) is 13.6. The topological polar surface area (TPSA) is 34.1 Å². The Balaban J connectivity index is 1.80. The Morgan fingerprint density at radius 2 is 2.24 bits per heavy atom. The van der Waals surface area contributed by atoms with Gasteiger partial charge in [0.25, 0.3) is 0 Å². The Labute approximate surface area is 132 Å². The molecule has 1 aliphatic heterocycles. The normalized spacial score (nSPS) is 29.6. The van der Waals surface area contributed by atoms with Gasteiger partial charge in [-0.05, 0) is 45.4 Å². The summed E-state index contributed by atoms with van der Waals surface area (Å²) in [4.78, 5) is 6.58. The van der Waals surface area contributed by atoms with Gasteiger partial charge in [0.1, 0.15) is 10.6 Å². The largest absolute Gasteiger partial charge is 0.368 e. The number of hydrogen-bond acceptors (Lipinski definition) is 4. The second kappa shape index (κ2) is 6.35. The van der Waals surface area contributed by atoms with Crippen molar-refractivity contribution in [3.8, 4) is 0 Å². The van der Waals surface area contributed by atoms with Crippen molar-refractivity contribution >= 4 is 11.3 Å². The van der Waals surface area contributed by atoms with Crippen LogP contribution in [0.15, 0.2) is 0 Å². The van der Waals surface area contributed by atoms with Crippen molar-refractivity contribution < 1.29 is 4.74 Å². The summed E-state index contributed by atoms with van der Waals surface area (Å²) in [7, 11) is 0. The Bertz CT molecular complexity index is 477. The molecule has 2 aliphatic rings. The van der Waals surface area contributed by atoms with Crippen LogP contribution in [-0.2, 0) is 16.8 Å². The number of aryl methyl sites for hydroxylation is 1. The molecule has 3 rings (SSSR count). The van der Waals surface area contributed by atoms with Crippen molar-refractivity contribution in [1.82, 2.24) is 10.3 Å². The minimum Gasteiger partial charge on any atom is -0.368 e. The number of aromatic nitrogens is 1. The lowest BCUT2D eigenvalue weighted by Gasteiger charge is -2.31. The van der Waals surface area contributed by atoms with Crippen LogP contribution >= 0.6 is 11.3 Å². The van der Waals surface area contributed by atoms with Gasteiger partial charge in [0, 0.05) is 30.0 Å². The molecule has 2 atom stereocenters. The van der Waals surface area contributed by atoms with Crippen LogP contribution in [0.2, 0.25) is 0 Å². The molecule has 0 saturated carbocycles. The van der Waals surface area contributed by atoms with Crippen LogP contribution in [0.3, 0.4) is 0 Å². The number of hydrogen-bond donors (Lipinski definition) is 1. The molecule has 2 unspecified atom stereocenters. The molecule has 3 nitrogen and oxygen atoms in total. The van der Waals surface area contributed by atoms with Crippen LogP contribution in [-0.4, -0.2) is 24.2 Å². The first-order chi connectivity index (χ1) is 10.1. The van der Waals surface area contributed by atoms with Gasteiger partial charge in [-0.25, -0.2) is 4.98 Å². The third-order valence-corrected chi connectivity index (χ3v) is 6.14. The second-order valence-electron chi connectivity index (χ2n) is 7.02. The summed E-state index contributed by atoms with van der Waals surface area (Å²) in [5.74, 6) is 0.591. The average molecular weight is 308 g/mol. The maximum atomic E-state index is 6.09. The molecule has 0 spiro atoms. The summed E-state index contributed by atoms with van der Waals surface area (Å²) < 4.78 is 6.09. The number of rotatable bonds is 4. The Kier molecular flexibility index (Phi) is 4.67. The van der Waals surface area contributed by atoms with Crippen molar-refractivity contribution in [1.29, 1.82) is 0 Å². The van der Waals surface area contributed by atoms with Crippen molar-refractivity contribution in [3.05, 3.63) is 15.6 Å². The molecule has 4 heteroatoms. The zero-order valence-corrected chi connectivity index (χ0v) is 14.4. The number of nitrogens with one attached hydrogen (secondary N) is 1. The molecule has 1 aromatic heterocycles. The number of ether oxygens (including phenoxy) is 1. The van der Waals surface area contributed by atoms with Crippen LogP contribution in [0.1, 0.15) is 74.4 Å². The van der Waals surface area contributed by atoms with Gasteiger partial charge in [0.2, 0.25) is 0 Å². The van der Waals surface area contributed by atoms with E-state index in [9.17, 15) is 0 Å². The molecule has 1 aromatic rings. The molecule has 21 heavy (non-hydrogen) atoms. The van der Waals surface area contributed by atoms with E-state index in [0.29, 0.717) is 12.0 Å². The summed E-state index contributed by atoms with van der Waals surface area (Å²) in [6, 6.07) is 0.549. The molecule has 1 aliphatic carbocycles. The number of thiazole rings is 1. The SMILES string of the molecule is CC(C)NCC1CCCc2sc(C3(C)CCCCO3)nc21. The molecular weight excluding hydrogens is 280 g/mol. The monoisotopic (exact) mass is 308 g/mol. The lowest BCUT2D eigenvalue weighted by Crippen LogP contribution is -2.31. The van der Waals surface area contributed by atoms with Crippen molar-refractivity contribution in [3.63, 3.8) is 0 Å². The maximum Gasteiger partial charge on any atom is 0.125 e. The minimum absolute atomic E-state index is 0.129. The third-order valence-electron chi connectivity index (χ3n) is 4.76. The summed E-state index contributed by atoms with van der Waals surface area (Å²) in [5, 5.41) is 4.81. The van der Waals surface area contributed by atoms with Crippen LogP contribution in [0.5, 0.6) is 0 Å². The van der Waals surface area contributed by atoms with Gasteiger partial charge in [-0.2, -0.15) is 0 Å². The highest BCUT2D eigenvalue weighted by Gasteiger charge is 2.35. The van der Waals surface area contributed by atoms with Gasteiger partial charge >= 0.3 is 0 Å². The first kappa shape index (κ1) is 15.4. The van der Waals surface area contributed by atoms with Gasteiger partial charge in [-0.15, -0.1) is 11.3 Å². The first-order valence-corrected chi connectivity index (χ1v) is 9.27. The summed E-state index contributed by atoms with van der Waals surface area (Å²) in [6.45, 7) is 8.61. The Hall–Kier alpha value is -0.450. The smallest absolute Gasteiger partial charge is 0.125 e. The highest BCUT2D eigenvalue weighted by Crippen LogP contribution is 2.42. The fourth-order valence-electron chi connectivity index (χ4n) is 3.41. The lowest BCUT2D eigenvalue weighted by atomic mass is 9.90. The predicted molar refractivity (Wildman–Crippen MR) is 88.1 cm³/mol. The van der Waals surface area contributed by atoms with E-state index in [1.165, 1.54) is 47.7 Å². The van der Waals surface area contributed by atoms with E-state index in [2.05, 4.69) is 26.1 Å². The van der Waals surface area contributed by atoms with E-state index in [0.717, 1.165) is 19.6 Å². The molecule has 1 saturated heterocycles. The quantitative estimate of drug-likeness (QED) is 0.913. The van der Waals surface area contributed by atoms with E-state index >= 15 is 0 Å². The van der Waals surface area contributed by atoms with Crippen molar-refractivity contribution in [2.24, 2.45) is 0 Å². The van der Waals surface area contributed by atoms with Crippen LogP contribution < -0.4 is 5.32 Å². The van der Waals surface area contributed by atoms with E-state index < -0.39 is 0 Å². The molecule has 0 aromatic carbocycles. The molecule has 0 radical (unpaired) electrons. The number of fused-ring (bicyclic) bond motifs is 1. The fourth-order valence-corrected chi connectivity index (χ4v) is 4.73. The van der Waals surface area contributed by atoms with Crippen molar-refractivity contribution in [2.75, 3.05) is 13.2 Å². The molecule has 1 fully saturated rings. The highest BCUT2D eigenvalue weighted by atomic mass is 32.1. The van der Waals surface area contributed by atoms with E-state index in [-0.39, 0.29) is 5.60 Å². The standard InChI is InChI=1S/C17H28N2OS/c1-12(2)18-11-13-7-6-8-14-15(13)19-16(21-14)17(3)9-4-5-10-20-17/h12-13,18H,4-11H2,1-3H3. The zero-order chi connectivity index (χ0) is 14.9. The van der Waals surface area contributed by atoms with E-state index in [4.69, 9.17) is 9.72 Å². The minimum atomic E-state index is -0.129. The summed E-state index contributed by atoms with van der Waals surface area (Å²) in [6.07, 6.45) is 7.36. The van der Waals surface area contributed by atoms with E-state index in [1.807, 2.05) is 11.3 Å². The van der Waals surface area contributed by atoms with E-state index in [1.54, 1.807) is 0 Å². The highest BCUT2D eigenvalue weighted by molar-refractivity contribution is 7.11. The van der Waals surface area contributed by atoms with Gasteiger partial charge < -0.3 is 10.1 Å². The molecule has 1 N–H and O–H groups in total. The second-order valence-corrected chi connectivity index (χ2v) is 8.10. The third kappa shape index (κ3) is 3.33.